The molecule has 1 aromatic carbocycles. The van der Waals surface area contributed by atoms with Gasteiger partial charge in [-0.1, -0.05) is 13.0 Å². The molecule has 0 aromatic heterocycles. The summed E-state index contributed by atoms with van der Waals surface area (Å²) in [6, 6.07) is 5.48. The van der Waals surface area contributed by atoms with E-state index in [1.165, 1.54) is 0 Å². The standard InChI is InChI=1S/C15H22N2O4/c1-3-15(8-18,9-19)17-10(2)11-4-5-13-12(6-11)16-14(20)7-21-13/h4-6,10,17-19H,3,7-9H2,1-2H3,(H,16,20). The Hall–Kier alpha value is -1.63. The summed E-state index contributed by atoms with van der Waals surface area (Å²) in [6.07, 6.45) is 0.606. The molecule has 2 rings (SSSR count). The molecule has 1 amide bonds. The number of hydrogen-bond acceptors (Lipinski definition) is 5. The maximum absolute atomic E-state index is 11.4. The molecule has 1 unspecified atom stereocenters. The van der Waals surface area contributed by atoms with Gasteiger partial charge in [-0.25, -0.2) is 0 Å². The van der Waals surface area contributed by atoms with Crippen LogP contribution in [-0.4, -0.2) is 41.5 Å². The van der Waals surface area contributed by atoms with Gasteiger partial charge in [0.1, 0.15) is 5.75 Å². The first kappa shape index (κ1) is 15.8. The van der Waals surface area contributed by atoms with Gasteiger partial charge < -0.3 is 25.6 Å². The van der Waals surface area contributed by atoms with E-state index in [-0.39, 0.29) is 31.8 Å². The van der Waals surface area contributed by atoms with Crippen LogP contribution in [0.1, 0.15) is 31.9 Å². The van der Waals surface area contributed by atoms with Gasteiger partial charge in [-0.2, -0.15) is 0 Å². The lowest BCUT2D eigenvalue weighted by atomic mass is 9.95. The molecule has 6 heteroatoms. The normalized spacial score (nSPS) is 15.9. The molecule has 1 aliphatic rings. The molecule has 0 saturated heterocycles. The first-order valence-corrected chi connectivity index (χ1v) is 7.09. The second kappa shape index (κ2) is 6.43. The van der Waals surface area contributed by atoms with Gasteiger partial charge in [0.25, 0.3) is 5.91 Å². The molecular weight excluding hydrogens is 272 g/mol. The highest BCUT2D eigenvalue weighted by Gasteiger charge is 2.28. The minimum Gasteiger partial charge on any atom is -0.482 e. The fourth-order valence-corrected chi connectivity index (χ4v) is 2.38. The van der Waals surface area contributed by atoms with E-state index >= 15 is 0 Å². The fourth-order valence-electron chi connectivity index (χ4n) is 2.38. The zero-order valence-corrected chi connectivity index (χ0v) is 12.3. The number of carbonyl (C=O) groups is 1. The Morgan fingerprint density at radius 2 is 2.14 bits per heavy atom. The Balaban J connectivity index is 2.18. The molecule has 6 nitrogen and oxygen atoms in total. The van der Waals surface area contributed by atoms with Crippen LogP contribution in [0, 0.1) is 0 Å². The van der Waals surface area contributed by atoms with Crippen molar-refractivity contribution in [1.82, 2.24) is 5.32 Å². The number of rotatable bonds is 6. The Morgan fingerprint density at radius 1 is 1.43 bits per heavy atom. The number of amides is 1. The molecule has 116 valence electrons. The highest BCUT2D eigenvalue weighted by atomic mass is 16.5. The van der Waals surface area contributed by atoms with Crippen molar-refractivity contribution in [1.29, 1.82) is 0 Å². The minimum atomic E-state index is -0.713. The van der Waals surface area contributed by atoms with E-state index in [1.807, 2.05) is 32.0 Å². The quantitative estimate of drug-likeness (QED) is 0.623. The van der Waals surface area contributed by atoms with Crippen molar-refractivity contribution >= 4 is 11.6 Å². The zero-order chi connectivity index (χ0) is 15.5. The van der Waals surface area contributed by atoms with Gasteiger partial charge in [0, 0.05) is 6.04 Å². The Bertz CT molecular complexity index is 506. The largest absolute Gasteiger partial charge is 0.482 e. The molecule has 1 heterocycles. The van der Waals surface area contributed by atoms with E-state index in [0.29, 0.717) is 17.9 Å². The second-order valence-corrected chi connectivity index (χ2v) is 5.41. The number of anilines is 1. The van der Waals surface area contributed by atoms with Gasteiger partial charge in [0.15, 0.2) is 6.61 Å². The molecule has 1 atom stereocenters. The van der Waals surface area contributed by atoms with Crippen molar-refractivity contribution in [3.63, 3.8) is 0 Å². The molecule has 21 heavy (non-hydrogen) atoms. The lowest BCUT2D eigenvalue weighted by molar-refractivity contribution is -0.118. The summed E-state index contributed by atoms with van der Waals surface area (Å²) in [5.41, 5.74) is 0.876. The van der Waals surface area contributed by atoms with Crippen molar-refractivity contribution in [2.24, 2.45) is 0 Å². The van der Waals surface area contributed by atoms with Crippen LogP contribution in [0.4, 0.5) is 5.69 Å². The van der Waals surface area contributed by atoms with Gasteiger partial charge >= 0.3 is 0 Å². The van der Waals surface area contributed by atoms with Gasteiger partial charge in [0.05, 0.1) is 24.4 Å². The number of benzene rings is 1. The van der Waals surface area contributed by atoms with Crippen LogP contribution in [-0.2, 0) is 4.79 Å². The number of fused-ring (bicyclic) bond motifs is 1. The lowest BCUT2D eigenvalue weighted by Crippen LogP contribution is -2.52. The van der Waals surface area contributed by atoms with Crippen LogP contribution >= 0.6 is 0 Å². The number of hydrogen-bond donors (Lipinski definition) is 4. The molecule has 0 saturated carbocycles. The third-order valence-corrected chi connectivity index (χ3v) is 3.94. The van der Waals surface area contributed by atoms with Crippen molar-refractivity contribution in [3.8, 4) is 5.75 Å². The zero-order valence-electron chi connectivity index (χ0n) is 12.3. The molecule has 0 radical (unpaired) electrons. The molecule has 0 spiro atoms. The maximum atomic E-state index is 11.4. The van der Waals surface area contributed by atoms with Crippen molar-refractivity contribution in [3.05, 3.63) is 23.8 Å². The van der Waals surface area contributed by atoms with Crippen LogP contribution in [0.25, 0.3) is 0 Å². The summed E-state index contributed by atoms with van der Waals surface area (Å²) in [7, 11) is 0. The van der Waals surface area contributed by atoms with Crippen LogP contribution in [0.15, 0.2) is 18.2 Å². The summed E-state index contributed by atoms with van der Waals surface area (Å²) >= 11 is 0. The average Bonchev–Trinajstić information content (AvgIpc) is 2.51. The summed E-state index contributed by atoms with van der Waals surface area (Å²) in [5.74, 6) is 0.477. The van der Waals surface area contributed by atoms with Crippen LogP contribution < -0.4 is 15.4 Å². The Labute approximate surface area is 124 Å². The molecular formula is C15H22N2O4. The number of ether oxygens (including phenoxy) is 1. The SMILES string of the molecule is CCC(CO)(CO)NC(C)c1ccc2c(c1)NC(=O)CO2. The topological polar surface area (TPSA) is 90.8 Å². The molecule has 1 aliphatic heterocycles. The third kappa shape index (κ3) is 3.34. The highest BCUT2D eigenvalue weighted by molar-refractivity contribution is 5.95. The molecule has 0 bridgehead atoms. The monoisotopic (exact) mass is 294 g/mol. The summed E-state index contributed by atoms with van der Waals surface area (Å²) in [5, 5.41) is 25.0. The minimum absolute atomic E-state index is 0.0358. The number of carbonyl (C=O) groups excluding carboxylic acids is 1. The predicted molar refractivity (Wildman–Crippen MR) is 79.3 cm³/mol. The van der Waals surface area contributed by atoms with Crippen LogP contribution in [0.3, 0.4) is 0 Å². The number of aliphatic hydroxyl groups is 2. The van der Waals surface area contributed by atoms with E-state index < -0.39 is 5.54 Å². The van der Waals surface area contributed by atoms with Gasteiger partial charge in [0.2, 0.25) is 0 Å². The van der Waals surface area contributed by atoms with Gasteiger partial charge in [-0.3, -0.25) is 4.79 Å². The second-order valence-electron chi connectivity index (χ2n) is 5.41. The van der Waals surface area contributed by atoms with Crippen LogP contribution in [0.5, 0.6) is 5.75 Å². The van der Waals surface area contributed by atoms with E-state index in [2.05, 4.69) is 10.6 Å². The van der Waals surface area contributed by atoms with E-state index in [4.69, 9.17) is 4.74 Å². The van der Waals surface area contributed by atoms with Crippen molar-refractivity contribution < 1.29 is 19.7 Å². The molecule has 1 aromatic rings. The van der Waals surface area contributed by atoms with Gasteiger partial charge in [-0.05, 0) is 31.0 Å². The first-order chi connectivity index (χ1) is 10.0. The molecule has 0 fully saturated rings. The summed E-state index contributed by atoms with van der Waals surface area (Å²) < 4.78 is 5.32. The van der Waals surface area contributed by atoms with E-state index in [1.54, 1.807) is 0 Å². The first-order valence-electron chi connectivity index (χ1n) is 7.09. The third-order valence-electron chi connectivity index (χ3n) is 3.94. The van der Waals surface area contributed by atoms with E-state index in [9.17, 15) is 15.0 Å². The van der Waals surface area contributed by atoms with E-state index in [0.717, 1.165) is 5.56 Å². The number of nitrogens with one attached hydrogen (secondary N) is 2. The Morgan fingerprint density at radius 3 is 2.76 bits per heavy atom. The fraction of sp³-hybridized carbons (Fsp3) is 0.533. The van der Waals surface area contributed by atoms with Crippen molar-refractivity contribution in [2.45, 2.75) is 31.8 Å². The predicted octanol–water partition coefficient (Wildman–Crippen LogP) is 0.801. The Kier molecular flexibility index (Phi) is 4.82. The lowest BCUT2D eigenvalue weighted by Gasteiger charge is -2.33. The molecule has 0 aliphatic carbocycles. The smallest absolute Gasteiger partial charge is 0.262 e. The number of aliphatic hydroxyl groups excluding tert-OH is 2. The van der Waals surface area contributed by atoms with Gasteiger partial charge in [-0.15, -0.1) is 0 Å². The molecule has 4 N–H and O–H groups in total. The van der Waals surface area contributed by atoms with Crippen LogP contribution in [0.2, 0.25) is 0 Å². The average molecular weight is 294 g/mol. The summed E-state index contributed by atoms with van der Waals surface area (Å²) in [4.78, 5) is 11.4. The summed E-state index contributed by atoms with van der Waals surface area (Å²) in [6.45, 7) is 3.61. The maximum Gasteiger partial charge on any atom is 0.262 e. The highest BCUT2D eigenvalue weighted by Crippen LogP contribution is 2.31. The van der Waals surface area contributed by atoms with Crippen molar-refractivity contribution in [2.75, 3.05) is 25.1 Å².